The highest BCUT2D eigenvalue weighted by atomic mass is 16.2. The molecule has 5 aliphatic rings. The molecule has 0 radical (unpaired) electrons. The molecule has 0 bridgehead atoms. The molecule has 4 aliphatic carbocycles. The molecule has 0 aromatic carbocycles. The Hall–Kier alpha value is -1.14. The van der Waals surface area contributed by atoms with Crippen molar-refractivity contribution in [3.63, 3.8) is 0 Å². The molecule has 1 aliphatic heterocycles. The van der Waals surface area contributed by atoms with Crippen LogP contribution in [0.5, 0.6) is 0 Å². The van der Waals surface area contributed by atoms with Gasteiger partial charge in [-0.2, -0.15) is 0 Å². The monoisotopic (exact) mass is 471 g/mol. The van der Waals surface area contributed by atoms with E-state index in [1.807, 2.05) is 0 Å². The largest absolute Gasteiger partial charge is 0.387 e. The van der Waals surface area contributed by atoms with Crippen LogP contribution in [0.2, 0.25) is 0 Å². The zero-order valence-electron chi connectivity index (χ0n) is 21.4. The van der Waals surface area contributed by atoms with E-state index in [0.717, 1.165) is 75.7 Å². The molecule has 1 heterocycles. The smallest absolute Gasteiger partial charge is 0.237 e. The van der Waals surface area contributed by atoms with Gasteiger partial charge in [0.15, 0.2) is 0 Å². The van der Waals surface area contributed by atoms with Crippen molar-refractivity contribution < 1.29 is 4.79 Å². The maximum atomic E-state index is 13.7. The van der Waals surface area contributed by atoms with Crippen molar-refractivity contribution >= 4 is 11.7 Å². The highest BCUT2D eigenvalue weighted by Gasteiger charge is 2.49. The second-order valence-corrected chi connectivity index (χ2v) is 12.5. The summed E-state index contributed by atoms with van der Waals surface area (Å²) in [7, 11) is 2.05. The third-order valence-corrected chi connectivity index (χ3v) is 10.7. The van der Waals surface area contributed by atoms with Crippen LogP contribution >= 0.6 is 0 Å². The van der Waals surface area contributed by atoms with E-state index in [1.165, 1.54) is 44.9 Å². The number of nitrogens with one attached hydrogen (secondary N) is 3. The number of amides is 1. The standard InChI is InChI=1S/C28H49N5O/c1-31-22-11-13-23(14-12-22)32-28(34)26-15-19-9-10-20(27(29)30)16-25(19)33(26)17-21-7-4-6-18-5-2-3-8-24(18)21/h18-26,31H,2-17H2,1H3,(H3,29,30)(H,32,34). The van der Waals surface area contributed by atoms with E-state index in [-0.39, 0.29) is 17.9 Å². The molecule has 4 saturated carbocycles. The molecular weight excluding hydrogens is 422 g/mol. The lowest BCUT2D eigenvalue weighted by Gasteiger charge is -2.45. The molecule has 0 aromatic rings. The van der Waals surface area contributed by atoms with Gasteiger partial charge in [-0.15, -0.1) is 0 Å². The molecule has 0 spiro atoms. The molecule has 6 nitrogen and oxygen atoms in total. The molecule has 7 unspecified atom stereocenters. The summed E-state index contributed by atoms with van der Waals surface area (Å²) in [4.78, 5) is 16.4. The van der Waals surface area contributed by atoms with Crippen LogP contribution in [0.1, 0.15) is 96.3 Å². The number of nitrogens with zero attached hydrogens (tertiary/aromatic N) is 1. The Balaban J connectivity index is 1.30. The zero-order valence-corrected chi connectivity index (χ0v) is 21.4. The minimum Gasteiger partial charge on any atom is -0.387 e. The lowest BCUT2D eigenvalue weighted by Crippen LogP contribution is -2.53. The fourth-order valence-electron chi connectivity index (χ4n) is 8.74. The Morgan fingerprint density at radius 2 is 1.62 bits per heavy atom. The zero-order chi connectivity index (χ0) is 23.7. The Bertz CT molecular complexity index is 718. The van der Waals surface area contributed by atoms with E-state index in [0.29, 0.717) is 29.9 Å². The summed E-state index contributed by atoms with van der Waals surface area (Å²) in [5, 5.41) is 15.0. The molecule has 1 saturated heterocycles. The number of fused-ring (bicyclic) bond motifs is 2. The normalized spacial score (nSPS) is 43.0. The minimum absolute atomic E-state index is 0.0201. The first kappa shape index (κ1) is 24.5. The Labute approximate surface area is 207 Å². The van der Waals surface area contributed by atoms with Crippen LogP contribution in [-0.4, -0.2) is 54.4 Å². The van der Waals surface area contributed by atoms with Crippen molar-refractivity contribution in [1.82, 2.24) is 15.5 Å². The van der Waals surface area contributed by atoms with Gasteiger partial charge in [-0.25, -0.2) is 0 Å². The molecule has 0 aromatic heterocycles. The second-order valence-electron chi connectivity index (χ2n) is 12.5. The number of nitrogens with two attached hydrogens (primary N) is 1. The first-order valence-corrected chi connectivity index (χ1v) is 14.6. The van der Waals surface area contributed by atoms with Gasteiger partial charge < -0.3 is 16.4 Å². The Morgan fingerprint density at radius 3 is 2.38 bits per heavy atom. The van der Waals surface area contributed by atoms with Crippen molar-refractivity contribution in [1.29, 1.82) is 5.41 Å². The van der Waals surface area contributed by atoms with Crippen molar-refractivity contribution in [2.24, 2.45) is 35.3 Å². The number of likely N-dealkylation sites (tertiary alicyclic amines) is 1. The number of amidine groups is 1. The van der Waals surface area contributed by atoms with Crippen LogP contribution in [-0.2, 0) is 4.79 Å². The molecule has 5 fully saturated rings. The van der Waals surface area contributed by atoms with Crippen LogP contribution in [0.3, 0.4) is 0 Å². The number of carbonyl (C=O) groups excluding carboxylic acids is 1. The highest BCUT2D eigenvalue weighted by molar-refractivity contribution is 5.83. The molecule has 5 N–H and O–H groups in total. The number of rotatable bonds is 6. The number of hydrogen-bond acceptors (Lipinski definition) is 4. The third kappa shape index (κ3) is 5.18. The minimum atomic E-state index is 0.0201. The third-order valence-electron chi connectivity index (χ3n) is 10.7. The van der Waals surface area contributed by atoms with E-state index < -0.39 is 0 Å². The molecule has 6 heteroatoms. The van der Waals surface area contributed by atoms with Gasteiger partial charge in [-0.3, -0.25) is 15.1 Å². The second kappa shape index (κ2) is 10.9. The molecule has 192 valence electrons. The van der Waals surface area contributed by atoms with Gasteiger partial charge >= 0.3 is 0 Å². The fourth-order valence-corrected chi connectivity index (χ4v) is 8.74. The average molecular weight is 472 g/mol. The number of hydrogen-bond donors (Lipinski definition) is 4. The Morgan fingerprint density at radius 1 is 0.882 bits per heavy atom. The molecule has 1 amide bonds. The summed E-state index contributed by atoms with van der Waals surface area (Å²) >= 11 is 0. The first-order valence-electron chi connectivity index (χ1n) is 14.6. The molecule has 34 heavy (non-hydrogen) atoms. The lowest BCUT2D eigenvalue weighted by atomic mass is 9.65. The summed E-state index contributed by atoms with van der Waals surface area (Å²) in [5.41, 5.74) is 5.99. The van der Waals surface area contributed by atoms with Gasteiger partial charge in [0.25, 0.3) is 0 Å². The van der Waals surface area contributed by atoms with E-state index >= 15 is 0 Å². The van der Waals surface area contributed by atoms with Gasteiger partial charge in [0, 0.05) is 30.6 Å². The molecule has 7 atom stereocenters. The van der Waals surface area contributed by atoms with Crippen LogP contribution in [0, 0.1) is 35.0 Å². The molecular formula is C28H49N5O. The quantitative estimate of drug-likeness (QED) is 0.347. The highest BCUT2D eigenvalue weighted by Crippen LogP contribution is 2.47. The topological polar surface area (TPSA) is 94.2 Å². The van der Waals surface area contributed by atoms with E-state index in [4.69, 9.17) is 11.1 Å². The van der Waals surface area contributed by atoms with Gasteiger partial charge in [-0.1, -0.05) is 32.1 Å². The van der Waals surface area contributed by atoms with E-state index in [9.17, 15) is 4.79 Å². The van der Waals surface area contributed by atoms with Gasteiger partial charge in [0.1, 0.15) is 0 Å². The van der Waals surface area contributed by atoms with Crippen LogP contribution in [0.4, 0.5) is 0 Å². The van der Waals surface area contributed by atoms with Crippen LogP contribution in [0.15, 0.2) is 0 Å². The van der Waals surface area contributed by atoms with Crippen molar-refractivity contribution in [3.05, 3.63) is 0 Å². The SMILES string of the molecule is CNC1CCC(NC(=O)C2CC3CCC(C(=N)N)CC3N2CC2CCCC3CCCCC32)CC1. The Kier molecular flexibility index (Phi) is 7.84. The van der Waals surface area contributed by atoms with Crippen LogP contribution < -0.4 is 16.4 Å². The van der Waals surface area contributed by atoms with Crippen molar-refractivity contribution in [2.45, 2.75) is 120 Å². The maximum Gasteiger partial charge on any atom is 0.237 e. The van der Waals surface area contributed by atoms with E-state index in [2.05, 4.69) is 22.6 Å². The predicted molar refractivity (Wildman–Crippen MR) is 138 cm³/mol. The van der Waals surface area contributed by atoms with Crippen LogP contribution in [0.25, 0.3) is 0 Å². The maximum absolute atomic E-state index is 13.7. The number of carbonyl (C=O) groups is 1. The molecule has 5 rings (SSSR count). The first-order chi connectivity index (χ1) is 16.5. The average Bonchev–Trinajstić information content (AvgIpc) is 3.22. The summed E-state index contributed by atoms with van der Waals surface area (Å²) < 4.78 is 0. The lowest BCUT2D eigenvalue weighted by molar-refractivity contribution is -0.127. The summed E-state index contributed by atoms with van der Waals surface area (Å²) in [6.45, 7) is 1.09. The van der Waals surface area contributed by atoms with E-state index in [1.54, 1.807) is 0 Å². The fraction of sp³-hybridized carbons (Fsp3) is 0.929. The predicted octanol–water partition coefficient (Wildman–Crippen LogP) is 4.03. The van der Waals surface area contributed by atoms with Crippen molar-refractivity contribution in [2.75, 3.05) is 13.6 Å². The van der Waals surface area contributed by atoms with Gasteiger partial charge in [-0.05, 0) is 94.9 Å². The van der Waals surface area contributed by atoms with Gasteiger partial charge in [0.2, 0.25) is 5.91 Å². The van der Waals surface area contributed by atoms with Gasteiger partial charge in [0.05, 0.1) is 11.9 Å². The summed E-state index contributed by atoms with van der Waals surface area (Å²) in [5.74, 6) is 3.99. The summed E-state index contributed by atoms with van der Waals surface area (Å²) in [6.07, 6.45) is 18.4. The van der Waals surface area contributed by atoms with Crippen molar-refractivity contribution in [3.8, 4) is 0 Å². The summed E-state index contributed by atoms with van der Waals surface area (Å²) in [6, 6.07) is 1.40.